The average Bonchev–Trinajstić information content (AvgIpc) is 2.81. The molecule has 1 aliphatic carbocycles. The quantitative estimate of drug-likeness (QED) is 0.403. The molecule has 1 aliphatic rings. The van der Waals surface area contributed by atoms with Gasteiger partial charge >= 0.3 is 0 Å². The number of hydrogen-bond donors (Lipinski definition) is 3. The Morgan fingerprint density at radius 3 is 2.39 bits per heavy atom. The molecule has 1 amide bonds. The summed E-state index contributed by atoms with van der Waals surface area (Å²) >= 11 is 0. The van der Waals surface area contributed by atoms with Crippen molar-refractivity contribution in [1.82, 2.24) is 10.0 Å². The summed E-state index contributed by atoms with van der Waals surface area (Å²) in [6.07, 6.45) is 5.50. The zero-order chi connectivity index (χ0) is 26.5. The molecule has 36 heavy (non-hydrogen) atoms. The van der Waals surface area contributed by atoms with Gasteiger partial charge in [0.2, 0.25) is 15.9 Å². The van der Waals surface area contributed by atoms with E-state index in [-0.39, 0.29) is 4.90 Å². The third-order valence-electron chi connectivity index (χ3n) is 7.21. The highest BCUT2D eigenvalue weighted by molar-refractivity contribution is 7.92. The number of rotatable bonds is 11. The number of hydrogen-bond acceptors (Lipinski definition) is 6. The predicted octanol–water partition coefficient (Wildman–Crippen LogP) is 3.00. The molecule has 10 heteroatoms. The molecular weight excluding hydrogens is 500 g/mol. The van der Waals surface area contributed by atoms with Crippen LogP contribution in [0.15, 0.2) is 47.4 Å². The molecule has 8 nitrogen and oxygen atoms in total. The number of sulfonamides is 1. The molecule has 0 aliphatic heterocycles. The van der Waals surface area contributed by atoms with E-state index >= 15 is 0 Å². The topological polar surface area (TPSA) is 130 Å². The average molecular weight is 539 g/mol. The van der Waals surface area contributed by atoms with Crippen LogP contribution in [0, 0.1) is 11.8 Å². The van der Waals surface area contributed by atoms with Gasteiger partial charge in [-0.05, 0) is 36.1 Å². The van der Waals surface area contributed by atoms with Crippen molar-refractivity contribution < 1.29 is 26.7 Å². The fraction of sp³-hybridized carbons (Fsp3) is 0.577. The Balaban J connectivity index is 1.80. The first-order chi connectivity index (χ1) is 16.9. The monoisotopic (exact) mass is 538 g/mol. The minimum absolute atomic E-state index is 0.0343. The molecule has 2 aromatic carbocycles. The second kappa shape index (κ2) is 12.0. The van der Waals surface area contributed by atoms with Crippen molar-refractivity contribution >= 4 is 36.5 Å². The number of nitrogens with one attached hydrogen (secondary N) is 2. The molecule has 0 heterocycles. The van der Waals surface area contributed by atoms with Gasteiger partial charge in [-0.3, -0.25) is 4.79 Å². The highest BCUT2D eigenvalue weighted by Gasteiger charge is 2.33. The van der Waals surface area contributed by atoms with Gasteiger partial charge in [0.05, 0.1) is 29.0 Å². The van der Waals surface area contributed by atoms with E-state index in [4.69, 9.17) is 0 Å². The normalized spacial score (nSPS) is 21.6. The van der Waals surface area contributed by atoms with Gasteiger partial charge in [0, 0.05) is 5.39 Å². The molecule has 0 saturated heterocycles. The number of aliphatic hydroxyl groups is 1. The summed E-state index contributed by atoms with van der Waals surface area (Å²) in [5.41, 5.74) is 0. The second-order valence-electron chi connectivity index (χ2n) is 10.0. The number of fused-ring (bicyclic) bond motifs is 1. The van der Waals surface area contributed by atoms with E-state index in [1.807, 2.05) is 6.92 Å². The lowest BCUT2D eigenvalue weighted by Crippen LogP contribution is -2.54. The van der Waals surface area contributed by atoms with Crippen molar-refractivity contribution in [2.24, 2.45) is 11.8 Å². The molecule has 3 N–H and O–H groups in total. The van der Waals surface area contributed by atoms with E-state index in [1.54, 1.807) is 36.4 Å². The first kappa shape index (κ1) is 28.6. The maximum atomic E-state index is 13.4. The third-order valence-corrected chi connectivity index (χ3v) is 9.72. The fourth-order valence-corrected chi connectivity index (χ4v) is 7.64. The lowest BCUT2D eigenvalue weighted by molar-refractivity contribution is -0.124. The van der Waals surface area contributed by atoms with E-state index < -0.39 is 49.7 Å². The minimum Gasteiger partial charge on any atom is -0.391 e. The largest absolute Gasteiger partial charge is 0.391 e. The zero-order valence-corrected chi connectivity index (χ0v) is 22.8. The summed E-state index contributed by atoms with van der Waals surface area (Å²) < 4.78 is 53.0. The van der Waals surface area contributed by atoms with Gasteiger partial charge in [0.1, 0.15) is 6.04 Å². The van der Waals surface area contributed by atoms with E-state index in [1.165, 1.54) is 12.5 Å². The Bertz CT molecular complexity index is 1260. The molecule has 5 atom stereocenters. The van der Waals surface area contributed by atoms with Crippen molar-refractivity contribution in [3.8, 4) is 0 Å². The molecule has 0 spiro atoms. The summed E-state index contributed by atoms with van der Waals surface area (Å²) in [6.45, 7) is 4.00. The van der Waals surface area contributed by atoms with Crippen LogP contribution in [0.5, 0.6) is 0 Å². The van der Waals surface area contributed by atoms with Crippen LogP contribution in [0.1, 0.15) is 52.4 Å². The van der Waals surface area contributed by atoms with Crippen molar-refractivity contribution in [2.45, 2.75) is 75.5 Å². The number of aliphatic hydroxyl groups excluding tert-OH is 1. The molecule has 1 saturated carbocycles. The molecule has 0 radical (unpaired) electrons. The third kappa shape index (κ3) is 7.50. The Morgan fingerprint density at radius 2 is 1.72 bits per heavy atom. The molecule has 0 bridgehead atoms. The van der Waals surface area contributed by atoms with Crippen LogP contribution in [0.25, 0.3) is 10.8 Å². The molecular formula is C26H38N2O6S2. The van der Waals surface area contributed by atoms with Crippen LogP contribution in [-0.4, -0.2) is 58.0 Å². The number of amides is 1. The highest BCUT2D eigenvalue weighted by Crippen LogP contribution is 2.33. The van der Waals surface area contributed by atoms with Gasteiger partial charge in [-0.25, -0.2) is 21.6 Å². The summed E-state index contributed by atoms with van der Waals surface area (Å²) in [5.74, 6) is -0.665. The van der Waals surface area contributed by atoms with Gasteiger partial charge in [0.15, 0.2) is 9.84 Å². The van der Waals surface area contributed by atoms with E-state index in [2.05, 4.69) is 17.0 Å². The standard InChI is InChI=1S/C26H38N2O6S2/c1-4-22(24(29)16-20-12-6-5-10-18(20)2)27-26(30)23(28-35(3,31)32)17-36(33,34)25-15-9-13-19-11-7-8-14-21(19)25/h7-9,11,13-15,18,20,22-24,28-29H,4-6,10,12,16-17H2,1-3H3,(H,27,30). The molecule has 200 valence electrons. The van der Waals surface area contributed by atoms with Crippen LogP contribution in [0.2, 0.25) is 0 Å². The van der Waals surface area contributed by atoms with Crippen molar-refractivity contribution in [3.63, 3.8) is 0 Å². The lowest BCUT2D eigenvalue weighted by atomic mass is 9.76. The molecule has 3 rings (SSSR count). The number of carbonyl (C=O) groups is 1. The second-order valence-corrected chi connectivity index (χ2v) is 13.8. The predicted molar refractivity (Wildman–Crippen MR) is 142 cm³/mol. The molecule has 5 unspecified atom stereocenters. The lowest BCUT2D eigenvalue weighted by Gasteiger charge is -2.33. The van der Waals surface area contributed by atoms with Gasteiger partial charge < -0.3 is 10.4 Å². The Labute approximate surface area is 214 Å². The van der Waals surface area contributed by atoms with Crippen LogP contribution < -0.4 is 10.0 Å². The minimum atomic E-state index is -4.05. The van der Waals surface area contributed by atoms with Gasteiger partial charge in [-0.15, -0.1) is 0 Å². The smallest absolute Gasteiger partial charge is 0.239 e. The van der Waals surface area contributed by atoms with E-state index in [9.17, 15) is 26.7 Å². The first-order valence-electron chi connectivity index (χ1n) is 12.6. The van der Waals surface area contributed by atoms with Crippen molar-refractivity contribution in [3.05, 3.63) is 42.5 Å². The number of carbonyl (C=O) groups excluding carboxylic acids is 1. The fourth-order valence-electron chi connectivity index (χ4n) is 5.17. The molecule has 2 aromatic rings. The van der Waals surface area contributed by atoms with E-state index in [0.717, 1.165) is 30.9 Å². The van der Waals surface area contributed by atoms with Gasteiger partial charge in [-0.2, -0.15) is 0 Å². The Kier molecular flexibility index (Phi) is 9.54. The summed E-state index contributed by atoms with van der Waals surface area (Å²) in [4.78, 5) is 13.2. The maximum absolute atomic E-state index is 13.4. The zero-order valence-electron chi connectivity index (χ0n) is 21.2. The maximum Gasteiger partial charge on any atom is 0.239 e. The molecule has 1 fully saturated rings. The summed E-state index contributed by atoms with van der Waals surface area (Å²) in [7, 11) is -7.94. The Morgan fingerprint density at radius 1 is 1.06 bits per heavy atom. The van der Waals surface area contributed by atoms with Crippen molar-refractivity contribution in [2.75, 3.05) is 12.0 Å². The number of benzene rings is 2. The summed E-state index contributed by atoms with van der Waals surface area (Å²) in [5, 5.41) is 14.8. The van der Waals surface area contributed by atoms with Crippen LogP contribution >= 0.6 is 0 Å². The van der Waals surface area contributed by atoms with Crippen LogP contribution in [0.3, 0.4) is 0 Å². The van der Waals surface area contributed by atoms with Crippen molar-refractivity contribution in [1.29, 1.82) is 0 Å². The van der Waals surface area contributed by atoms with E-state index in [0.29, 0.717) is 30.1 Å². The van der Waals surface area contributed by atoms with Gasteiger partial charge in [-0.1, -0.05) is 75.9 Å². The molecule has 0 aromatic heterocycles. The highest BCUT2D eigenvalue weighted by atomic mass is 32.2. The Hall–Kier alpha value is -2.01. The van der Waals surface area contributed by atoms with Crippen LogP contribution in [0.4, 0.5) is 0 Å². The van der Waals surface area contributed by atoms with Crippen LogP contribution in [-0.2, 0) is 24.7 Å². The SMILES string of the molecule is CCC(NC(=O)C(CS(=O)(=O)c1cccc2ccccc12)NS(C)(=O)=O)C(O)CC1CCCCC1C. The first-order valence-corrected chi connectivity index (χ1v) is 16.1. The summed E-state index contributed by atoms with van der Waals surface area (Å²) in [6, 6.07) is 9.68. The number of sulfone groups is 1. The van der Waals surface area contributed by atoms with Gasteiger partial charge in [0.25, 0.3) is 0 Å².